The van der Waals surface area contributed by atoms with Crippen LogP contribution in [-0.2, 0) is 0 Å². The van der Waals surface area contributed by atoms with E-state index in [1.807, 2.05) is 0 Å². The maximum atomic E-state index is 5.69. The molecule has 0 aliphatic rings. The molecule has 0 aromatic carbocycles. The van der Waals surface area contributed by atoms with E-state index < -0.39 is 0 Å². The Hall–Kier alpha value is -1.03. The molecule has 13 heavy (non-hydrogen) atoms. The first-order valence-electron chi connectivity index (χ1n) is 4.26. The molecule has 0 unspecified atom stereocenters. The van der Waals surface area contributed by atoms with E-state index in [-0.39, 0.29) is 0 Å². The van der Waals surface area contributed by atoms with Crippen molar-refractivity contribution in [1.82, 2.24) is 9.97 Å². The van der Waals surface area contributed by atoms with Gasteiger partial charge in [-0.1, -0.05) is 24.9 Å². The molecule has 72 valence electrons. The maximum absolute atomic E-state index is 5.69. The van der Waals surface area contributed by atoms with Gasteiger partial charge in [0.05, 0.1) is 0 Å². The number of anilines is 2. The molecular formula is C8H13ClN4. The quantitative estimate of drug-likeness (QED) is 0.576. The van der Waals surface area contributed by atoms with Crippen molar-refractivity contribution in [1.29, 1.82) is 0 Å². The van der Waals surface area contributed by atoms with Crippen LogP contribution >= 0.6 is 11.6 Å². The summed E-state index contributed by atoms with van der Waals surface area (Å²) in [6.45, 7) is 2.96. The SMILES string of the molecule is CCCCNc1nc(N)cc(Cl)n1. The molecule has 0 radical (unpaired) electrons. The van der Waals surface area contributed by atoms with Crippen LogP contribution in [0.5, 0.6) is 0 Å². The highest BCUT2D eigenvalue weighted by molar-refractivity contribution is 6.29. The summed E-state index contributed by atoms with van der Waals surface area (Å²) in [7, 11) is 0. The van der Waals surface area contributed by atoms with E-state index in [4.69, 9.17) is 17.3 Å². The van der Waals surface area contributed by atoms with E-state index in [9.17, 15) is 0 Å². The molecule has 1 heterocycles. The second kappa shape index (κ2) is 4.87. The fourth-order valence-electron chi connectivity index (χ4n) is 0.891. The number of nitrogens with zero attached hydrogens (tertiary/aromatic N) is 2. The van der Waals surface area contributed by atoms with Crippen LogP contribution < -0.4 is 11.1 Å². The van der Waals surface area contributed by atoms with Crippen molar-refractivity contribution in [3.63, 3.8) is 0 Å². The lowest BCUT2D eigenvalue weighted by Gasteiger charge is -2.03. The maximum Gasteiger partial charge on any atom is 0.226 e. The highest BCUT2D eigenvalue weighted by Crippen LogP contribution is 2.11. The van der Waals surface area contributed by atoms with E-state index in [0.717, 1.165) is 19.4 Å². The van der Waals surface area contributed by atoms with Gasteiger partial charge in [-0.25, -0.2) is 4.98 Å². The minimum Gasteiger partial charge on any atom is -0.383 e. The van der Waals surface area contributed by atoms with Crippen LogP contribution in [0, 0.1) is 0 Å². The lowest BCUT2D eigenvalue weighted by molar-refractivity contribution is 0.826. The standard InChI is InChI=1S/C8H13ClN4/c1-2-3-4-11-8-12-6(9)5-7(10)13-8/h5H,2-4H2,1H3,(H3,10,11,12,13). The van der Waals surface area contributed by atoms with Crippen molar-refractivity contribution in [3.8, 4) is 0 Å². The number of halogens is 1. The minimum atomic E-state index is 0.367. The first-order chi connectivity index (χ1) is 6.22. The van der Waals surface area contributed by atoms with Crippen molar-refractivity contribution < 1.29 is 0 Å². The molecule has 0 spiro atoms. The largest absolute Gasteiger partial charge is 0.383 e. The Bertz CT molecular complexity index is 257. The van der Waals surface area contributed by atoms with Crippen LogP contribution in [0.1, 0.15) is 19.8 Å². The van der Waals surface area contributed by atoms with Gasteiger partial charge in [0, 0.05) is 12.6 Å². The summed E-state index contributed by atoms with van der Waals surface area (Å²) >= 11 is 5.69. The van der Waals surface area contributed by atoms with E-state index in [1.54, 1.807) is 0 Å². The van der Waals surface area contributed by atoms with Gasteiger partial charge < -0.3 is 11.1 Å². The number of rotatable bonds is 4. The average molecular weight is 201 g/mol. The van der Waals surface area contributed by atoms with E-state index in [1.165, 1.54) is 6.07 Å². The molecule has 4 nitrogen and oxygen atoms in total. The first kappa shape index (κ1) is 10.1. The fraction of sp³-hybridized carbons (Fsp3) is 0.500. The van der Waals surface area contributed by atoms with Gasteiger partial charge >= 0.3 is 0 Å². The van der Waals surface area contributed by atoms with Gasteiger partial charge in [0.1, 0.15) is 11.0 Å². The third-order valence-electron chi connectivity index (χ3n) is 1.53. The molecule has 1 aromatic heterocycles. The molecule has 3 N–H and O–H groups in total. The zero-order valence-electron chi connectivity index (χ0n) is 7.55. The molecule has 0 amide bonds. The van der Waals surface area contributed by atoms with Crippen LogP contribution in [0.15, 0.2) is 6.07 Å². The number of hydrogen-bond donors (Lipinski definition) is 2. The van der Waals surface area contributed by atoms with Crippen molar-refractivity contribution in [2.24, 2.45) is 0 Å². The zero-order chi connectivity index (χ0) is 9.68. The normalized spacial score (nSPS) is 10.0. The fourth-order valence-corrected chi connectivity index (χ4v) is 1.08. The number of nitrogen functional groups attached to an aromatic ring is 1. The lowest BCUT2D eigenvalue weighted by Crippen LogP contribution is -2.06. The van der Waals surface area contributed by atoms with E-state index >= 15 is 0 Å². The number of hydrogen-bond acceptors (Lipinski definition) is 4. The van der Waals surface area contributed by atoms with Gasteiger partial charge in [0.15, 0.2) is 0 Å². The van der Waals surface area contributed by atoms with E-state index in [0.29, 0.717) is 16.9 Å². The van der Waals surface area contributed by atoms with Crippen LogP contribution in [0.3, 0.4) is 0 Å². The predicted octanol–water partition coefficient (Wildman–Crippen LogP) is 1.92. The van der Waals surface area contributed by atoms with Gasteiger partial charge in [-0.2, -0.15) is 4.98 Å². The zero-order valence-corrected chi connectivity index (χ0v) is 8.30. The summed E-state index contributed by atoms with van der Waals surface area (Å²) in [5, 5.41) is 3.41. The Kier molecular flexibility index (Phi) is 3.76. The molecule has 1 rings (SSSR count). The Morgan fingerprint density at radius 2 is 2.31 bits per heavy atom. The number of unbranched alkanes of at least 4 members (excludes halogenated alkanes) is 1. The third kappa shape index (κ3) is 3.46. The van der Waals surface area contributed by atoms with Gasteiger partial charge in [0.25, 0.3) is 0 Å². The van der Waals surface area contributed by atoms with Gasteiger partial charge in [-0.3, -0.25) is 0 Å². The number of nitrogens with two attached hydrogens (primary N) is 1. The topological polar surface area (TPSA) is 63.8 Å². The number of aromatic nitrogens is 2. The molecule has 0 saturated heterocycles. The molecule has 0 atom stereocenters. The highest BCUT2D eigenvalue weighted by atomic mass is 35.5. The molecule has 5 heteroatoms. The Balaban J connectivity index is 2.56. The summed E-state index contributed by atoms with van der Waals surface area (Å²) in [5.74, 6) is 0.887. The Morgan fingerprint density at radius 3 is 2.92 bits per heavy atom. The van der Waals surface area contributed by atoms with Crippen LogP contribution in [0.2, 0.25) is 5.15 Å². The summed E-state index contributed by atoms with van der Waals surface area (Å²) < 4.78 is 0. The highest BCUT2D eigenvalue weighted by Gasteiger charge is 1.98. The van der Waals surface area contributed by atoms with Gasteiger partial charge in [-0.05, 0) is 6.42 Å². The Labute approximate surface area is 82.5 Å². The van der Waals surface area contributed by atoms with Crippen molar-refractivity contribution in [2.75, 3.05) is 17.6 Å². The third-order valence-corrected chi connectivity index (χ3v) is 1.72. The monoisotopic (exact) mass is 200 g/mol. The van der Waals surface area contributed by atoms with Crippen molar-refractivity contribution in [3.05, 3.63) is 11.2 Å². The first-order valence-corrected chi connectivity index (χ1v) is 4.64. The van der Waals surface area contributed by atoms with Crippen LogP contribution in [0.4, 0.5) is 11.8 Å². The Morgan fingerprint density at radius 1 is 1.54 bits per heavy atom. The summed E-state index contributed by atoms with van der Waals surface area (Å²) in [5.41, 5.74) is 5.49. The predicted molar refractivity (Wildman–Crippen MR) is 54.9 cm³/mol. The van der Waals surface area contributed by atoms with Crippen molar-refractivity contribution >= 4 is 23.4 Å². The summed E-state index contributed by atoms with van der Waals surface area (Å²) in [6.07, 6.45) is 2.21. The van der Waals surface area contributed by atoms with Crippen LogP contribution in [0.25, 0.3) is 0 Å². The smallest absolute Gasteiger partial charge is 0.226 e. The van der Waals surface area contributed by atoms with E-state index in [2.05, 4.69) is 22.2 Å². The molecule has 1 aromatic rings. The summed E-state index contributed by atoms with van der Waals surface area (Å²) in [4.78, 5) is 7.95. The van der Waals surface area contributed by atoms with Gasteiger partial charge in [-0.15, -0.1) is 0 Å². The second-order valence-corrected chi connectivity index (χ2v) is 3.11. The molecular weight excluding hydrogens is 188 g/mol. The van der Waals surface area contributed by atoms with Crippen molar-refractivity contribution in [2.45, 2.75) is 19.8 Å². The minimum absolute atomic E-state index is 0.367. The molecule has 0 aliphatic carbocycles. The van der Waals surface area contributed by atoms with Crippen LogP contribution in [-0.4, -0.2) is 16.5 Å². The molecule has 0 fully saturated rings. The molecule has 0 saturated carbocycles. The second-order valence-electron chi connectivity index (χ2n) is 2.72. The lowest BCUT2D eigenvalue weighted by atomic mass is 10.3. The molecule has 0 aliphatic heterocycles. The number of nitrogens with one attached hydrogen (secondary N) is 1. The average Bonchev–Trinajstić information content (AvgIpc) is 2.03. The van der Waals surface area contributed by atoms with Gasteiger partial charge in [0.2, 0.25) is 5.95 Å². The molecule has 0 bridgehead atoms. The summed E-state index contributed by atoms with van der Waals surface area (Å²) in [6, 6.07) is 1.52.